The van der Waals surface area contributed by atoms with Crippen LogP contribution in [0.1, 0.15) is 24.0 Å². The van der Waals surface area contributed by atoms with Gasteiger partial charge in [-0.1, -0.05) is 6.07 Å². The number of hydrogen-bond acceptors (Lipinski definition) is 5. The lowest BCUT2D eigenvalue weighted by Crippen LogP contribution is -2.19. The molecule has 3 aromatic rings. The Balaban J connectivity index is 1.67. The molecule has 0 unspecified atom stereocenters. The fourth-order valence-corrected chi connectivity index (χ4v) is 3.26. The first-order valence-electron chi connectivity index (χ1n) is 8.33. The van der Waals surface area contributed by atoms with Crippen LogP contribution in [0.15, 0.2) is 30.7 Å². The van der Waals surface area contributed by atoms with E-state index in [1.54, 1.807) is 6.33 Å². The Morgan fingerprint density at radius 1 is 1.21 bits per heavy atom. The van der Waals surface area contributed by atoms with Crippen molar-refractivity contribution < 1.29 is 4.74 Å². The Morgan fingerprint density at radius 3 is 2.79 bits per heavy atom. The van der Waals surface area contributed by atoms with Gasteiger partial charge in [0.2, 0.25) is 0 Å². The van der Waals surface area contributed by atoms with Crippen LogP contribution >= 0.6 is 0 Å². The molecule has 24 heavy (non-hydrogen) atoms. The Morgan fingerprint density at radius 2 is 2.04 bits per heavy atom. The minimum absolute atomic E-state index is 0.268. The smallest absolute Gasteiger partial charge is 0.168 e. The molecule has 1 saturated heterocycles. The fourth-order valence-electron chi connectivity index (χ4n) is 3.26. The van der Waals surface area contributed by atoms with Crippen LogP contribution in [0.4, 0.5) is 5.82 Å². The van der Waals surface area contributed by atoms with Gasteiger partial charge in [-0.3, -0.25) is 0 Å². The highest BCUT2D eigenvalue weighted by Crippen LogP contribution is 2.23. The average molecular weight is 323 g/mol. The number of aryl methyl sites for hydroxylation is 2. The zero-order valence-electron chi connectivity index (χ0n) is 14.0. The van der Waals surface area contributed by atoms with Crippen molar-refractivity contribution in [3.8, 4) is 5.69 Å². The topological polar surface area (TPSA) is 64.9 Å². The van der Waals surface area contributed by atoms with Crippen LogP contribution in [0.2, 0.25) is 0 Å². The van der Waals surface area contributed by atoms with Crippen molar-refractivity contribution in [3.05, 3.63) is 41.9 Å². The standard InChI is InChI=1S/C18H21N5O/c1-12-6-13(2)8-14(7-12)23-18-16(10-22-23)17(20-11-21-18)19-9-15-4-3-5-24-15/h6-8,10-11,15H,3-5,9H2,1-2H3,(H,19,20,21)/t15-/m0/s1. The van der Waals surface area contributed by atoms with Gasteiger partial charge in [0.15, 0.2) is 5.65 Å². The molecular weight excluding hydrogens is 302 g/mol. The fraction of sp³-hybridized carbons (Fsp3) is 0.389. The minimum atomic E-state index is 0.268. The van der Waals surface area contributed by atoms with Crippen molar-refractivity contribution in [2.45, 2.75) is 32.8 Å². The SMILES string of the molecule is Cc1cc(C)cc(-n2ncc3c(NC[C@@H]4CCCO4)ncnc32)c1. The maximum absolute atomic E-state index is 5.66. The number of nitrogens with one attached hydrogen (secondary N) is 1. The summed E-state index contributed by atoms with van der Waals surface area (Å²) in [6.45, 7) is 5.80. The van der Waals surface area contributed by atoms with E-state index in [9.17, 15) is 0 Å². The van der Waals surface area contributed by atoms with Crippen molar-refractivity contribution in [1.82, 2.24) is 19.7 Å². The molecule has 1 aromatic carbocycles. The van der Waals surface area contributed by atoms with E-state index < -0.39 is 0 Å². The monoisotopic (exact) mass is 323 g/mol. The molecule has 1 N–H and O–H groups in total. The van der Waals surface area contributed by atoms with Gasteiger partial charge in [0.1, 0.15) is 12.1 Å². The highest BCUT2D eigenvalue weighted by Gasteiger charge is 2.17. The highest BCUT2D eigenvalue weighted by atomic mass is 16.5. The third-order valence-corrected chi connectivity index (χ3v) is 4.34. The van der Waals surface area contributed by atoms with E-state index >= 15 is 0 Å². The highest BCUT2D eigenvalue weighted by molar-refractivity contribution is 5.87. The lowest BCUT2D eigenvalue weighted by atomic mass is 10.1. The van der Waals surface area contributed by atoms with Gasteiger partial charge in [-0.25, -0.2) is 14.6 Å². The van der Waals surface area contributed by atoms with Crippen molar-refractivity contribution in [2.24, 2.45) is 0 Å². The van der Waals surface area contributed by atoms with E-state index in [-0.39, 0.29) is 6.10 Å². The molecule has 0 aliphatic carbocycles. The zero-order valence-corrected chi connectivity index (χ0v) is 14.0. The van der Waals surface area contributed by atoms with Gasteiger partial charge in [-0.15, -0.1) is 0 Å². The van der Waals surface area contributed by atoms with E-state index in [4.69, 9.17) is 4.74 Å². The number of fused-ring (bicyclic) bond motifs is 1. The van der Waals surface area contributed by atoms with Gasteiger partial charge in [0.05, 0.1) is 23.4 Å². The number of hydrogen-bond donors (Lipinski definition) is 1. The molecule has 3 heterocycles. The van der Waals surface area contributed by atoms with Gasteiger partial charge in [-0.2, -0.15) is 5.10 Å². The van der Waals surface area contributed by atoms with Crippen LogP contribution < -0.4 is 5.32 Å². The summed E-state index contributed by atoms with van der Waals surface area (Å²) < 4.78 is 7.53. The summed E-state index contributed by atoms with van der Waals surface area (Å²) in [5.41, 5.74) is 4.25. The van der Waals surface area contributed by atoms with Crippen LogP contribution in [0.5, 0.6) is 0 Å². The molecule has 0 amide bonds. The Bertz CT molecular complexity index is 847. The van der Waals surface area contributed by atoms with Gasteiger partial charge in [0.25, 0.3) is 0 Å². The van der Waals surface area contributed by atoms with Crippen molar-refractivity contribution >= 4 is 16.9 Å². The van der Waals surface area contributed by atoms with E-state index in [1.807, 2.05) is 10.9 Å². The summed E-state index contributed by atoms with van der Waals surface area (Å²) in [6, 6.07) is 6.38. The molecule has 1 aliphatic rings. The molecule has 0 radical (unpaired) electrons. The van der Waals surface area contributed by atoms with Gasteiger partial charge >= 0.3 is 0 Å². The number of rotatable bonds is 4. The molecule has 0 saturated carbocycles. The van der Waals surface area contributed by atoms with Crippen LogP contribution in [0.25, 0.3) is 16.7 Å². The molecule has 4 rings (SSSR count). The Labute approximate surface area is 140 Å². The Kier molecular flexibility index (Phi) is 3.90. The third-order valence-electron chi connectivity index (χ3n) is 4.34. The maximum atomic E-state index is 5.66. The van der Waals surface area contributed by atoms with Gasteiger partial charge < -0.3 is 10.1 Å². The number of aromatic nitrogens is 4. The molecule has 6 nitrogen and oxygen atoms in total. The molecule has 0 bridgehead atoms. The lowest BCUT2D eigenvalue weighted by molar-refractivity contribution is 0.120. The second-order valence-corrected chi connectivity index (χ2v) is 6.38. The van der Waals surface area contributed by atoms with Crippen LogP contribution in [-0.4, -0.2) is 39.0 Å². The largest absolute Gasteiger partial charge is 0.376 e. The molecular formula is C18H21N5O. The molecule has 2 aromatic heterocycles. The number of benzene rings is 1. The summed E-state index contributed by atoms with van der Waals surface area (Å²) in [4.78, 5) is 8.81. The van der Waals surface area contributed by atoms with E-state index in [1.165, 1.54) is 11.1 Å². The molecule has 1 atom stereocenters. The van der Waals surface area contributed by atoms with Gasteiger partial charge in [0, 0.05) is 13.2 Å². The molecule has 124 valence electrons. The summed E-state index contributed by atoms with van der Waals surface area (Å²) in [6.07, 6.45) is 5.91. The summed E-state index contributed by atoms with van der Waals surface area (Å²) in [7, 11) is 0. The van der Waals surface area contributed by atoms with Crippen LogP contribution in [-0.2, 0) is 4.74 Å². The summed E-state index contributed by atoms with van der Waals surface area (Å²) in [5.74, 6) is 0.811. The predicted molar refractivity (Wildman–Crippen MR) is 93.6 cm³/mol. The lowest BCUT2D eigenvalue weighted by Gasteiger charge is -2.11. The van der Waals surface area contributed by atoms with E-state index in [0.717, 1.165) is 48.5 Å². The Hall–Kier alpha value is -2.47. The van der Waals surface area contributed by atoms with E-state index in [0.29, 0.717) is 0 Å². The van der Waals surface area contributed by atoms with Crippen molar-refractivity contribution in [1.29, 1.82) is 0 Å². The predicted octanol–water partition coefficient (Wildman–Crippen LogP) is 3.02. The second-order valence-electron chi connectivity index (χ2n) is 6.38. The van der Waals surface area contributed by atoms with Gasteiger partial charge in [-0.05, 0) is 49.9 Å². The number of anilines is 1. The first-order valence-corrected chi connectivity index (χ1v) is 8.33. The molecule has 0 spiro atoms. The van der Waals surface area contributed by atoms with Crippen molar-refractivity contribution in [3.63, 3.8) is 0 Å². The quantitative estimate of drug-likeness (QED) is 0.799. The number of ether oxygens (including phenoxy) is 1. The number of nitrogens with zero attached hydrogens (tertiary/aromatic N) is 4. The second kappa shape index (κ2) is 6.20. The average Bonchev–Trinajstić information content (AvgIpc) is 3.21. The van der Waals surface area contributed by atoms with Crippen LogP contribution in [0, 0.1) is 13.8 Å². The normalized spacial score (nSPS) is 17.5. The summed E-state index contributed by atoms with van der Waals surface area (Å²) >= 11 is 0. The van der Waals surface area contributed by atoms with E-state index in [2.05, 4.69) is 52.4 Å². The summed E-state index contributed by atoms with van der Waals surface area (Å²) in [5, 5.41) is 8.84. The first kappa shape index (κ1) is 15.1. The molecule has 1 fully saturated rings. The first-order chi connectivity index (χ1) is 11.7. The molecule has 1 aliphatic heterocycles. The molecule has 6 heteroatoms. The zero-order chi connectivity index (χ0) is 16.5. The minimum Gasteiger partial charge on any atom is -0.376 e. The van der Waals surface area contributed by atoms with Crippen LogP contribution in [0.3, 0.4) is 0 Å². The van der Waals surface area contributed by atoms with Crippen molar-refractivity contribution in [2.75, 3.05) is 18.5 Å². The third kappa shape index (κ3) is 2.85. The maximum Gasteiger partial charge on any atom is 0.168 e.